The molecule has 2 N–H and O–H groups in total. The summed E-state index contributed by atoms with van der Waals surface area (Å²) >= 11 is 0. The summed E-state index contributed by atoms with van der Waals surface area (Å²) in [5.74, 6) is 0. The van der Waals surface area contributed by atoms with Crippen molar-refractivity contribution in [2.75, 3.05) is 13.1 Å². The summed E-state index contributed by atoms with van der Waals surface area (Å²) in [7, 11) is 0. The molecule has 0 aromatic rings. The van der Waals surface area contributed by atoms with Crippen LogP contribution in [-0.2, 0) is 0 Å². The molecule has 1 aliphatic rings. The minimum Gasteiger partial charge on any atom is -0.465 e. The monoisotopic (exact) mass is 183 g/mol. The van der Waals surface area contributed by atoms with E-state index < -0.39 is 6.09 Å². The van der Waals surface area contributed by atoms with Gasteiger partial charge in [0.1, 0.15) is 0 Å². The second-order valence-electron chi connectivity index (χ2n) is 3.26. The van der Waals surface area contributed by atoms with Crippen molar-refractivity contribution in [2.45, 2.75) is 25.4 Å². The second-order valence-corrected chi connectivity index (χ2v) is 3.26. The van der Waals surface area contributed by atoms with Crippen molar-refractivity contribution in [3.05, 3.63) is 0 Å². The fourth-order valence-corrected chi connectivity index (χ4v) is 1.48. The lowest BCUT2D eigenvalue weighted by Crippen LogP contribution is -2.56. The normalized spacial score (nSPS) is 28.2. The van der Waals surface area contributed by atoms with Gasteiger partial charge in [-0.1, -0.05) is 0 Å². The Kier molecular flexibility index (Phi) is 3.09. The zero-order chi connectivity index (χ0) is 9.84. The van der Waals surface area contributed by atoms with Gasteiger partial charge >= 0.3 is 6.09 Å². The summed E-state index contributed by atoms with van der Waals surface area (Å²) in [4.78, 5) is 12.1. The predicted octanol–water partition coefficient (Wildman–Crippen LogP) is 0.240. The molecule has 5 nitrogen and oxygen atoms in total. The van der Waals surface area contributed by atoms with Gasteiger partial charge in [-0.25, -0.2) is 4.79 Å². The number of rotatable bonds is 1. The SMILES string of the molecule is CC1CN(C(=O)O)[C@@H](CC#N)CN1. The van der Waals surface area contributed by atoms with Gasteiger partial charge in [0.25, 0.3) is 0 Å². The predicted molar refractivity (Wildman–Crippen MR) is 46.2 cm³/mol. The lowest BCUT2D eigenvalue weighted by atomic mass is 10.1. The highest BCUT2D eigenvalue weighted by atomic mass is 16.4. The Labute approximate surface area is 76.9 Å². The van der Waals surface area contributed by atoms with Crippen molar-refractivity contribution in [1.29, 1.82) is 5.26 Å². The molecule has 1 fully saturated rings. The molecular formula is C8H13N3O2. The molecule has 0 saturated carbocycles. The largest absolute Gasteiger partial charge is 0.465 e. The molecule has 0 spiro atoms. The van der Waals surface area contributed by atoms with E-state index in [9.17, 15) is 4.79 Å². The van der Waals surface area contributed by atoms with E-state index in [2.05, 4.69) is 5.32 Å². The molecule has 2 atom stereocenters. The second kappa shape index (κ2) is 4.10. The van der Waals surface area contributed by atoms with Crippen molar-refractivity contribution in [2.24, 2.45) is 0 Å². The van der Waals surface area contributed by atoms with Crippen LogP contribution in [-0.4, -0.2) is 41.3 Å². The van der Waals surface area contributed by atoms with E-state index in [0.717, 1.165) is 0 Å². The minimum atomic E-state index is -0.936. The van der Waals surface area contributed by atoms with Crippen molar-refractivity contribution < 1.29 is 9.90 Å². The van der Waals surface area contributed by atoms with Crippen molar-refractivity contribution in [3.8, 4) is 6.07 Å². The van der Waals surface area contributed by atoms with Crippen LogP contribution in [0.5, 0.6) is 0 Å². The van der Waals surface area contributed by atoms with Crippen LogP contribution in [0.2, 0.25) is 0 Å². The van der Waals surface area contributed by atoms with Gasteiger partial charge in [-0.3, -0.25) is 0 Å². The van der Waals surface area contributed by atoms with E-state index in [1.807, 2.05) is 13.0 Å². The number of piperazine rings is 1. The van der Waals surface area contributed by atoms with E-state index in [0.29, 0.717) is 13.1 Å². The standard InChI is InChI=1S/C8H13N3O2/c1-6-5-11(8(12)13)7(2-3-9)4-10-6/h6-7,10H,2,4-5H2,1H3,(H,12,13)/t6?,7-/m0/s1. The number of hydrogen-bond acceptors (Lipinski definition) is 3. The van der Waals surface area contributed by atoms with E-state index in [1.54, 1.807) is 0 Å². The number of carboxylic acid groups (broad SMARTS) is 1. The Morgan fingerprint density at radius 2 is 2.54 bits per heavy atom. The maximum atomic E-state index is 10.8. The van der Waals surface area contributed by atoms with Crippen molar-refractivity contribution in [3.63, 3.8) is 0 Å². The number of carbonyl (C=O) groups is 1. The first-order chi connectivity index (χ1) is 6.15. The number of nitrogens with one attached hydrogen (secondary N) is 1. The molecule has 0 aliphatic carbocycles. The molecule has 13 heavy (non-hydrogen) atoms. The molecule has 1 saturated heterocycles. The Balaban J connectivity index is 2.61. The summed E-state index contributed by atoms with van der Waals surface area (Å²) in [5, 5.41) is 20.5. The Morgan fingerprint density at radius 1 is 1.85 bits per heavy atom. The molecular weight excluding hydrogens is 170 g/mol. The number of nitrogens with zero attached hydrogens (tertiary/aromatic N) is 2. The quantitative estimate of drug-likeness (QED) is 0.610. The van der Waals surface area contributed by atoms with Crippen molar-refractivity contribution >= 4 is 6.09 Å². The molecule has 1 rings (SSSR count). The molecule has 1 aliphatic heterocycles. The summed E-state index contributed by atoms with van der Waals surface area (Å²) in [6.45, 7) is 2.96. The van der Waals surface area contributed by atoms with Gasteiger partial charge < -0.3 is 15.3 Å². The molecule has 0 radical (unpaired) electrons. The van der Waals surface area contributed by atoms with E-state index in [1.165, 1.54) is 4.90 Å². The lowest BCUT2D eigenvalue weighted by molar-refractivity contribution is 0.102. The van der Waals surface area contributed by atoms with E-state index in [-0.39, 0.29) is 18.5 Å². The molecule has 1 unspecified atom stereocenters. The first-order valence-electron chi connectivity index (χ1n) is 4.25. The molecule has 0 bridgehead atoms. The molecule has 5 heteroatoms. The van der Waals surface area contributed by atoms with E-state index >= 15 is 0 Å². The van der Waals surface area contributed by atoms with Gasteiger partial charge in [0.2, 0.25) is 0 Å². The fourth-order valence-electron chi connectivity index (χ4n) is 1.48. The average molecular weight is 183 g/mol. The first-order valence-corrected chi connectivity index (χ1v) is 4.25. The van der Waals surface area contributed by atoms with E-state index in [4.69, 9.17) is 10.4 Å². The van der Waals surface area contributed by atoms with Crippen LogP contribution in [0, 0.1) is 11.3 Å². The molecule has 72 valence electrons. The maximum Gasteiger partial charge on any atom is 0.407 e. The van der Waals surface area contributed by atoms with Gasteiger partial charge in [0.15, 0.2) is 0 Å². The van der Waals surface area contributed by atoms with Crippen LogP contribution in [0.4, 0.5) is 4.79 Å². The van der Waals surface area contributed by atoms with Crippen molar-refractivity contribution in [1.82, 2.24) is 10.2 Å². The third-order valence-corrected chi connectivity index (χ3v) is 2.19. The molecule has 0 aromatic heterocycles. The summed E-state index contributed by atoms with van der Waals surface area (Å²) in [6, 6.07) is 1.97. The molecule has 1 heterocycles. The number of hydrogen-bond donors (Lipinski definition) is 2. The zero-order valence-corrected chi connectivity index (χ0v) is 7.53. The maximum absolute atomic E-state index is 10.8. The Bertz CT molecular complexity index is 236. The highest BCUT2D eigenvalue weighted by Crippen LogP contribution is 2.09. The number of amides is 1. The average Bonchev–Trinajstić information content (AvgIpc) is 2.08. The first kappa shape index (κ1) is 9.81. The van der Waals surface area contributed by atoms with Gasteiger partial charge in [-0.15, -0.1) is 0 Å². The summed E-state index contributed by atoms with van der Waals surface area (Å²) in [5.41, 5.74) is 0. The highest BCUT2D eigenvalue weighted by molar-refractivity contribution is 5.65. The van der Waals surface area contributed by atoms with Gasteiger partial charge in [-0.05, 0) is 6.92 Å². The van der Waals surface area contributed by atoms with Crippen LogP contribution in [0.25, 0.3) is 0 Å². The third-order valence-electron chi connectivity index (χ3n) is 2.19. The van der Waals surface area contributed by atoms with Crippen LogP contribution in [0.3, 0.4) is 0 Å². The zero-order valence-electron chi connectivity index (χ0n) is 7.53. The highest BCUT2D eigenvalue weighted by Gasteiger charge is 2.28. The number of nitriles is 1. The molecule has 0 aromatic carbocycles. The Morgan fingerprint density at radius 3 is 3.08 bits per heavy atom. The van der Waals surface area contributed by atoms with Gasteiger partial charge in [0.05, 0.1) is 18.5 Å². The summed E-state index contributed by atoms with van der Waals surface area (Å²) in [6.07, 6.45) is -0.681. The third kappa shape index (κ3) is 2.33. The van der Waals surface area contributed by atoms with Crippen LogP contribution in [0.1, 0.15) is 13.3 Å². The van der Waals surface area contributed by atoms with Crippen LogP contribution < -0.4 is 5.32 Å². The summed E-state index contributed by atoms with van der Waals surface area (Å²) < 4.78 is 0. The van der Waals surface area contributed by atoms with Gasteiger partial charge in [-0.2, -0.15) is 5.26 Å². The van der Waals surface area contributed by atoms with Crippen LogP contribution in [0.15, 0.2) is 0 Å². The topological polar surface area (TPSA) is 76.4 Å². The minimum absolute atomic E-state index is 0.172. The smallest absolute Gasteiger partial charge is 0.407 e. The van der Waals surface area contributed by atoms with Crippen LogP contribution >= 0.6 is 0 Å². The Hall–Kier alpha value is -1.28. The fraction of sp³-hybridized carbons (Fsp3) is 0.750. The lowest BCUT2D eigenvalue weighted by Gasteiger charge is -2.36. The molecule has 1 amide bonds. The van der Waals surface area contributed by atoms with Gasteiger partial charge in [0, 0.05) is 19.1 Å².